The van der Waals surface area contributed by atoms with Crippen molar-refractivity contribution in [1.82, 2.24) is 5.32 Å². The fourth-order valence-electron chi connectivity index (χ4n) is 1.76. The molecule has 0 aromatic heterocycles. The van der Waals surface area contributed by atoms with Crippen molar-refractivity contribution in [2.75, 3.05) is 6.54 Å². The zero-order chi connectivity index (χ0) is 12.8. The topological polar surface area (TPSA) is 12.0 Å². The van der Waals surface area contributed by atoms with E-state index in [1.165, 1.54) is 11.1 Å². The summed E-state index contributed by atoms with van der Waals surface area (Å²) >= 11 is 7.07. The molecule has 0 amide bonds. The molecular weight excluding hydrogens is 342 g/mol. The van der Waals surface area contributed by atoms with Gasteiger partial charge in [0.15, 0.2) is 0 Å². The van der Waals surface area contributed by atoms with Crippen molar-refractivity contribution in [3.63, 3.8) is 0 Å². The number of benzene rings is 1. The normalized spacial score (nSPS) is 12.5. The second-order valence-electron chi connectivity index (χ2n) is 4.12. The van der Waals surface area contributed by atoms with Gasteiger partial charge in [-0.1, -0.05) is 57.9 Å². The molecule has 0 fully saturated rings. The average Bonchev–Trinajstić information content (AvgIpc) is 2.27. The Bertz CT molecular complexity index is 368. The molecule has 0 aliphatic heterocycles. The van der Waals surface area contributed by atoms with Crippen LogP contribution in [0.4, 0.5) is 0 Å². The maximum atomic E-state index is 4.10. The molecule has 0 spiro atoms. The minimum atomic E-state index is 0.348. The van der Waals surface area contributed by atoms with Gasteiger partial charge in [-0.2, -0.15) is 0 Å². The van der Waals surface area contributed by atoms with Crippen LogP contribution >= 0.6 is 31.9 Å². The van der Waals surface area contributed by atoms with Crippen LogP contribution in [0.15, 0.2) is 39.3 Å². The zero-order valence-corrected chi connectivity index (χ0v) is 13.6. The van der Waals surface area contributed by atoms with E-state index in [1.54, 1.807) is 0 Å². The summed E-state index contributed by atoms with van der Waals surface area (Å²) in [5, 5.41) is 3.52. The van der Waals surface area contributed by atoms with Gasteiger partial charge in [0.25, 0.3) is 0 Å². The molecule has 1 unspecified atom stereocenters. The van der Waals surface area contributed by atoms with E-state index in [2.05, 4.69) is 75.8 Å². The fraction of sp³-hybridized carbons (Fsp3) is 0.429. The molecular formula is C14H19Br2N. The van der Waals surface area contributed by atoms with Crippen molar-refractivity contribution >= 4 is 31.9 Å². The summed E-state index contributed by atoms with van der Waals surface area (Å²) < 4.78 is 2.21. The highest BCUT2D eigenvalue weighted by atomic mass is 79.9. The lowest BCUT2D eigenvalue weighted by atomic mass is 9.98. The first-order valence-corrected chi connectivity index (χ1v) is 7.51. The first kappa shape index (κ1) is 14.9. The summed E-state index contributed by atoms with van der Waals surface area (Å²) in [4.78, 5) is 0. The van der Waals surface area contributed by atoms with Gasteiger partial charge in [-0.3, -0.25) is 0 Å². The summed E-state index contributed by atoms with van der Waals surface area (Å²) in [6.07, 6.45) is 2.03. The maximum Gasteiger partial charge on any atom is 0.0358 e. The third-order valence-electron chi connectivity index (χ3n) is 2.73. The predicted octanol–water partition coefficient (Wildman–Crippen LogP) is 5.22. The van der Waals surface area contributed by atoms with Crippen molar-refractivity contribution in [2.45, 2.75) is 32.7 Å². The first-order chi connectivity index (χ1) is 8.06. The van der Waals surface area contributed by atoms with Crippen molar-refractivity contribution in [2.24, 2.45) is 0 Å². The number of nitrogens with one attached hydrogen (secondary N) is 1. The molecule has 1 atom stereocenters. The lowest BCUT2D eigenvalue weighted by molar-refractivity contribution is 0.542. The molecule has 1 rings (SSSR count). The summed E-state index contributed by atoms with van der Waals surface area (Å²) in [7, 11) is 0. The van der Waals surface area contributed by atoms with Gasteiger partial charge in [-0.05, 0) is 43.1 Å². The van der Waals surface area contributed by atoms with Crippen LogP contribution in [-0.4, -0.2) is 6.54 Å². The Morgan fingerprint density at radius 1 is 1.24 bits per heavy atom. The van der Waals surface area contributed by atoms with Crippen LogP contribution in [-0.2, 0) is 0 Å². The molecule has 1 aromatic rings. The van der Waals surface area contributed by atoms with Crippen molar-refractivity contribution in [3.05, 3.63) is 44.9 Å². The lowest BCUT2D eigenvalue weighted by Gasteiger charge is -2.20. The van der Waals surface area contributed by atoms with Gasteiger partial charge in [0.2, 0.25) is 0 Å². The van der Waals surface area contributed by atoms with Gasteiger partial charge in [-0.25, -0.2) is 0 Å². The SMILES string of the molecule is C=C(CC)CC(NCC)c1cc(Br)cc(Br)c1. The molecule has 94 valence electrons. The Labute approximate surface area is 121 Å². The molecule has 0 heterocycles. The molecule has 17 heavy (non-hydrogen) atoms. The number of hydrogen-bond donors (Lipinski definition) is 1. The first-order valence-electron chi connectivity index (χ1n) is 5.92. The third-order valence-corrected chi connectivity index (χ3v) is 3.65. The summed E-state index contributed by atoms with van der Waals surface area (Å²) in [5.41, 5.74) is 2.58. The number of hydrogen-bond acceptors (Lipinski definition) is 1. The molecule has 0 radical (unpaired) electrons. The molecule has 0 saturated heterocycles. The van der Waals surface area contributed by atoms with Crippen molar-refractivity contribution in [3.8, 4) is 0 Å². The lowest BCUT2D eigenvalue weighted by Crippen LogP contribution is -2.21. The maximum absolute atomic E-state index is 4.10. The Morgan fingerprint density at radius 3 is 2.29 bits per heavy atom. The number of rotatable bonds is 6. The van der Waals surface area contributed by atoms with Crippen LogP contribution in [0.25, 0.3) is 0 Å². The van der Waals surface area contributed by atoms with E-state index < -0.39 is 0 Å². The molecule has 0 saturated carbocycles. The minimum Gasteiger partial charge on any atom is -0.310 e. The third kappa shape index (κ3) is 4.94. The summed E-state index contributed by atoms with van der Waals surface area (Å²) in [6.45, 7) is 9.35. The Balaban J connectivity index is 2.91. The van der Waals surface area contributed by atoms with E-state index in [9.17, 15) is 0 Å². The van der Waals surface area contributed by atoms with E-state index in [4.69, 9.17) is 0 Å². The molecule has 3 heteroatoms. The highest BCUT2D eigenvalue weighted by Crippen LogP contribution is 2.28. The van der Waals surface area contributed by atoms with E-state index in [1.807, 2.05) is 0 Å². The molecule has 0 aliphatic rings. The summed E-state index contributed by atoms with van der Waals surface area (Å²) in [5.74, 6) is 0. The predicted molar refractivity (Wildman–Crippen MR) is 82.3 cm³/mol. The van der Waals surface area contributed by atoms with Crippen LogP contribution in [0.2, 0.25) is 0 Å². The summed E-state index contributed by atoms with van der Waals surface area (Å²) in [6, 6.07) is 6.74. The Hall–Kier alpha value is -0.120. The molecule has 1 nitrogen and oxygen atoms in total. The van der Waals surface area contributed by atoms with Gasteiger partial charge in [-0.15, -0.1) is 0 Å². The molecule has 0 bridgehead atoms. The standard InChI is InChI=1S/C14H19Br2N/c1-4-10(3)6-14(17-5-2)11-7-12(15)9-13(16)8-11/h7-9,14,17H,3-6H2,1-2H3. The van der Waals surface area contributed by atoms with Gasteiger partial charge in [0.05, 0.1) is 0 Å². The monoisotopic (exact) mass is 359 g/mol. The molecule has 1 N–H and O–H groups in total. The fourth-order valence-corrected chi connectivity index (χ4v) is 3.09. The van der Waals surface area contributed by atoms with Crippen molar-refractivity contribution in [1.29, 1.82) is 0 Å². The van der Waals surface area contributed by atoms with Gasteiger partial charge >= 0.3 is 0 Å². The van der Waals surface area contributed by atoms with Gasteiger partial charge in [0, 0.05) is 15.0 Å². The van der Waals surface area contributed by atoms with Crippen LogP contribution in [0.3, 0.4) is 0 Å². The van der Waals surface area contributed by atoms with Crippen LogP contribution in [0, 0.1) is 0 Å². The Morgan fingerprint density at radius 2 is 1.82 bits per heavy atom. The smallest absolute Gasteiger partial charge is 0.0358 e. The van der Waals surface area contributed by atoms with Gasteiger partial charge < -0.3 is 5.32 Å². The Kier molecular flexibility index (Phi) is 6.45. The van der Waals surface area contributed by atoms with E-state index in [0.717, 1.165) is 28.3 Å². The van der Waals surface area contributed by atoms with E-state index in [0.29, 0.717) is 6.04 Å². The van der Waals surface area contributed by atoms with Gasteiger partial charge in [0.1, 0.15) is 0 Å². The van der Waals surface area contributed by atoms with Crippen molar-refractivity contribution < 1.29 is 0 Å². The highest BCUT2D eigenvalue weighted by molar-refractivity contribution is 9.11. The zero-order valence-electron chi connectivity index (χ0n) is 10.4. The van der Waals surface area contributed by atoms with Crippen LogP contribution < -0.4 is 5.32 Å². The largest absolute Gasteiger partial charge is 0.310 e. The van der Waals surface area contributed by atoms with E-state index in [-0.39, 0.29) is 0 Å². The number of halogens is 2. The highest BCUT2D eigenvalue weighted by Gasteiger charge is 2.12. The molecule has 1 aromatic carbocycles. The molecule has 0 aliphatic carbocycles. The van der Waals surface area contributed by atoms with Crippen LogP contribution in [0.1, 0.15) is 38.3 Å². The second-order valence-corrected chi connectivity index (χ2v) is 5.95. The minimum absolute atomic E-state index is 0.348. The van der Waals surface area contributed by atoms with Crippen LogP contribution in [0.5, 0.6) is 0 Å². The van der Waals surface area contributed by atoms with E-state index >= 15 is 0 Å². The second kappa shape index (κ2) is 7.34. The average molecular weight is 361 g/mol. The quantitative estimate of drug-likeness (QED) is 0.686.